The first-order chi connectivity index (χ1) is 7.95. The van der Waals surface area contributed by atoms with Gasteiger partial charge in [-0.3, -0.25) is 10.1 Å². The van der Waals surface area contributed by atoms with Crippen LogP contribution in [-0.2, 0) is 4.74 Å². The van der Waals surface area contributed by atoms with Crippen LogP contribution in [0.15, 0.2) is 18.2 Å². The largest absolute Gasteiger partial charge is 0.459 e. The van der Waals surface area contributed by atoms with E-state index in [1.807, 2.05) is 6.92 Å². The monoisotopic (exact) mass is 257 g/mol. The van der Waals surface area contributed by atoms with Crippen LogP contribution in [0.1, 0.15) is 30.6 Å². The highest BCUT2D eigenvalue weighted by molar-refractivity contribution is 6.33. The van der Waals surface area contributed by atoms with Crippen molar-refractivity contribution in [3.8, 4) is 0 Å². The van der Waals surface area contributed by atoms with Crippen molar-refractivity contribution < 1.29 is 14.5 Å². The SMILES string of the molecule is CCC(C)OC(=O)c1ccc([N+](=O)[O-])c(Cl)c1. The van der Waals surface area contributed by atoms with E-state index in [9.17, 15) is 14.9 Å². The molecule has 0 saturated heterocycles. The van der Waals surface area contributed by atoms with Crippen LogP contribution in [0.5, 0.6) is 0 Å². The van der Waals surface area contributed by atoms with Gasteiger partial charge in [0.05, 0.1) is 16.6 Å². The fraction of sp³-hybridized carbons (Fsp3) is 0.364. The molecule has 1 unspecified atom stereocenters. The minimum absolute atomic E-state index is 0.0754. The van der Waals surface area contributed by atoms with E-state index in [1.54, 1.807) is 6.92 Å². The van der Waals surface area contributed by atoms with Gasteiger partial charge < -0.3 is 4.74 Å². The van der Waals surface area contributed by atoms with Crippen molar-refractivity contribution in [2.75, 3.05) is 0 Å². The van der Waals surface area contributed by atoms with Crippen LogP contribution in [0, 0.1) is 10.1 Å². The van der Waals surface area contributed by atoms with E-state index in [2.05, 4.69) is 0 Å². The lowest BCUT2D eigenvalue weighted by atomic mass is 10.2. The minimum Gasteiger partial charge on any atom is -0.459 e. The smallest absolute Gasteiger partial charge is 0.338 e. The molecule has 0 aromatic heterocycles. The maximum Gasteiger partial charge on any atom is 0.338 e. The van der Waals surface area contributed by atoms with Gasteiger partial charge in [-0.1, -0.05) is 18.5 Å². The molecule has 0 N–H and O–H groups in total. The van der Waals surface area contributed by atoms with Gasteiger partial charge in [0.2, 0.25) is 0 Å². The van der Waals surface area contributed by atoms with Crippen molar-refractivity contribution in [1.82, 2.24) is 0 Å². The summed E-state index contributed by atoms with van der Waals surface area (Å²) < 4.78 is 5.07. The van der Waals surface area contributed by atoms with Crippen molar-refractivity contribution in [3.05, 3.63) is 38.9 Å². The van der Waals surface area contributed by atoms with Gasteiger partial charge in [0.25, 0.3) is 5.69 Å². The molecule has 1 rings (SSSR count). The second-order valence-corrected chi connectivity index (χ2v) is 3.95. The van der Waals surface area contributed by atoms with Gasteiger partial charge in [-0.05, 0) is 25.5 Å². The highest BCUT2D eigenvalue weighted by Crippen LogP contribution is 2.25. The molecule has 0 radical (unpaired) electrons. The second-order valence-electron chi connectivity index (χ2n) is 3.55. The number of nitrogens with zero attached hydrogens (tertiary/aromatic N) is 1. The highest BCUT2D eigenvalue weighted by Gasteiger charge is 2.17. The molecule has 0 aliphatic heterocycles. The first-order valence-corrected chi connectivity index (χ1v) is 5.48. The molecule has 0 amide bonds. The maximum atomic E-state index is 11.6. The third-order valence-electron chi connectivity index (χ3n) is 2.26. The minimum atomic E-state index is -0.605. The average Bonchev–Trinajstić information content (AvgIpc) is 2.28. The van der Waals surface area contributed by atoms with Crippen LogP contribution in [-0.4, -0.2) is 17.0 Å². The van der Waals surface area contributed by atoms with Crippen molar-refractivity contribution in [2.24, 2.45) is 0 Å². The number of hydrogen-bond donors (Lipinski definition) is 0. The molecular formula is C11H12ClNO4. The van der Waals surface area contributed by atoms with Crippen LogP contribution < -0.4 is 0 Å². The lowest BCUT2D eigenvalue weighted by molar-refractivity contribution is -0.384. The molecule has 0 aliphatic carbocycles. The van der Waals surface area contributed by atoms with Gasteiger partial charge >= 0.3 is 5.97 Å². The fourth-order valence-corrected chi connectivity index (χ4v) is 1.37. The molecule has 1 atom stereocenters. The Morgan fingerprint density at radius 1 is 1.59 bits per heavy atom. The van der Waals surface area contributed by atoms with Crippen molar-refractivity contribution in [3.63, 3.8) is 0 Å². The second kappa shape index (κ2) is 5.63. The van der Waals surface area contributed by atoms with Crippen LogP contribution in [0.3, 0.4) is 0 Å². The Balaban J connectivity index is 2.90. The van der Waals surface area contributed by atoms with Gasteiger partial charge in [0.1, 0.15) is 5.02 Å². The summed E-state index contributed by atoms with van der Waals surface area (Å²) in [4.78, 5) is 21.5. The number of nitro benzene ring substituents is 1. The van der Waals surface area contributed by atoms with Crippen molar-refractivity contribution in [1.29, 1.82) is 0 Å². The maximum absolute atomic E-state index is 11.6. The van der Waals surface area contributed by atoms with E-state index in [4.69, 9.17) is 16.3 Å². The third-order valence-corrected chi connectivity index (χ3v) is 2.57. The summed E-state index contributed by atoms with van der Waals surface area (Å²) in [5.41, 5.74) is -0.0207. The number of esters is 1. The number of benzene rings is 1. The van der Waals surface area contributed by atoms with Crippen molar-refractivity contribution in [2.45, 2.75) is 26.4 Å². The zero-order valence-electron chi connectivity index (χ0n) is 9.47. The van der Waals surface area contributed by atoms with Crippen molar-refractivity contribution >= 4 is 23.3 Å². The Kier molecular flexibility index (Phi) is 4.45. The summed E-state index contributed by atoms with van der Waals surface area (Å²) in [5.74, 6) is -0.531. The number of carbonyl (C=O) groups is 1. The van der Waals surface area contributed by atoms with Crippen LogP contribution in [0.2, 0.25) is 5.02 Å². The first-order valence-electron chi connectivity index (χ1n) is 5.10. The van der Waals surface area contributed by atoms with Crippen LogP contribution in [0.4, 0.5) is 5.69 Å². The Morgan fingerprint density at radius 2 is 2.24 bits per heavy atom. The average molecular weight is 258 g/mol. The zero-order chi connectivity index (χ0) is 13.0. The van der Waals surface area contributed by atoms with E-state index in [0.717, 1.165) is 0 Å². The van der Waals surface area contributed by atoms with Gasteiger partial charge in [-0.25, -0.2) is 4.79 Å². The Labute approximate surface area is 103 Å². The van der Waals surface area contributed by atoms with E-state index in [0.29, 0.717) is 6.42 Å². The number of rotatable bonds is 4. The molecule has 17 heavy (non-hydrogen) atoms. The van der Waals surface area contributed by atoms with Crippen LogP contribution in [0.25, 0.3) is 0 Å². The summed E-state index contributed by atoms with van der Waals surface area (Å²) in [6.45, 7) is 3.66. The lowest BCUT2D eigenvalue weighted by Gasteiger charge is -2.10. The number of nitro groups is 1. The number of ether oxygens (including phenoxy) is 1. The number of hydrogen-bond acceptors (Lipinski definition) is 4. The summed E-state index contributed by atoms with van der Waals surface area (Å²) in [6.07, 6.45) is 0.503. The highest BCUT2D eigenvalue weighted by atomic mass is 35.5. The molecule has 6 heteroatoms. The summed E-state index contributed by atoms with van der Waals surface area (Å²) in [5, 5.41) is 10.5. The molecule has 1 aromatic rings. The number of halogens is 1. The van der Waals surface area contributed by atoms with E-state index in [-0.39, 0.29) is 22.4 Å². The topological polar surface area (TPSA) is 69.4 Å². The molecule has 0 spiro atoms. The molecule has 0 saturated carbocycles. The molecule has 1 aromatic carbocycles. The molecule has 0 aliphatic rings. The molecule has 0 bridgehead atoms. The van der Waals surface area contributed by atoms with E-state index in [1.165, 1.54) is 18.2 Å². The van der Waals surface area contributed by atoms with Gasteiger partial charge in [-0.15, -0.1) is 0 Å². The Hall–Kier alpha value is -1.62. The zero-order valence-corrected chi connectivity index (χ0v) is 10.2. The van der Waals surface area contributed by atoms with Gasteiger partial charge in [-0.2, -0.15) is 0 Å². The Bertz CT molecular complexity index is 447. The standard InChI is InChI=1S/C11H12ClNO4/c1-3-7(2)17-11(14)8-4-5-10(13(15)16)9(12)6-8/h4-7H,3H2,1-2H3. The normalized spacial score (nSPS) is 11.9. The predicted molar refractivity (Wildman–Crippen MR) is 63.3 cm³/mol. The first kappa shape index (κ1) is 13.4. The van der Waals surface area contributed by atoms with E-state index < -0.39 is 10.9 Å². The third kappa shape index (κ3) is 3.42. The summed E-state index contributed by atoms with van der Waals surface area (Å²) >= 11 is 5.69. The molecule has 0 heterocycles. The fourth-order valence-electron chi connectivity index (χ4n) is 1.12. The predicted octanol–water partition coefficient (Wildman–Crippen LogP) is 3.20. The summed E-state index contributed by atoms with van der Waals surface area (Å²) in [6, 6.07) is 3.76. The molecule has 92 valence electrons. The molecular weight excluding hydrogens is 246 g/mol. The Morgan fingerprint density at radius 3 is 2.71 bits per heavy atom. The van der Waals surface area contributed by atoms with Gasteiger partial charge in [0, 0.05) is 6.07 Å². The number of carbonyl (C=O) groups excluding carboxylic acids is 1. The molecule has 0 fully saturated rings. The van der Waals surface area contributed by atoms with Crippen LogP contribution >= 0.6 is 11.6 Å². The quantitative estimate of drug-likeness (QED) is 0.472. The molecule has 5 nitrogen and oxygen atoms in total. The lowest BCUT2D eigenvalue weighted by Crippen LogP contribution is -2.14. The van der Waals surface area contributed by atoms with Gasteiger partial charge in [0.15, 0.2) is 0 Å². The van der Waals surface area contributed by atoms with E-state index >= 15 is 0 Å². The summed E-state index contributed by atoms with van der Waals surface area (Å²) in [7, 11) is 0.